The predicted molar refractivity (Wildman–Crippen MR) is 84.0 cm³/mol. The first kappa shape index (κ1) is 16.2. The van der Waals surface area contributed by atoms with Gasteiger partial charge in [0.05, 0.1) is 13.1 Å². The molecule has 0 unspecified atom stereocenters. The van der Waals surface area contributed by atoms with Crippen LogP contribution in [0.15, 0.2) is 40.8 Å². The second-order valence-corrected chi connectivity index (χ2v) is 5.57. The summed E-state index contributed by atoms with van der Waals surface area (Å²) in [7, 11) is 0. The van der Waals surface area contributed by atoms with Crippen LogP contribution < -0.4 is 5.32 Å². The van der Waals surface area contributed by atoms with Crippen LogP contribution in [0.1, 0.15) is 25.4 Å². The summed E-state index contributed by atoms with van der Waals surface area (Å²) >= 11 is 0. The molecule has 0 fully saturated rings. The number of amides is 1. The van der Waals surface area contributed by atoms with E-state index >= 15 is 0 Å². The highest BCUT2D eigenvalue weighted by atomic mass is 19.1. The number of rotatable bonds is 6. The van der Waals surface area contributed by atoms with Crippen LogP contribution in [0.5, 0.6) is 0 Å². The summed E-state index contributed by atoms with van der Waals surface area (Å²) in [6, 6.07) is 9.87. The van der Waals surface area contributed by atoms with E-state index in [9.17, 15) is 9.18 Å². The molecule has 0 saturated heterocycles. The lowest BCUT2D eigenvalue weighted by Crippen LogP contribution is -2.37. The number of aryl methyl sites for hydroxylation is 1. The van der Waals surface area contributed by atoms with Crippen LogP contribution in [0, 0.1) is 12.7 Å². The molecule has 0 radical (unpaired) electrons. The molecular formula is C17H21FN2O2. The van der Waals surface area contributed by atoms with Gasteiger partial charge in [-0.25, -0.2) is 4.39 Å². The number of anilines is 1. The molecule has 0 atom stereocenters. The predicted octanol–water partition coefficient (Wildman–Crippen LogP) is 3.58. The van der Waals surface area contributed by atoms with Crippen molar-refractivity contribution in [3.8, 4) is 0 Å². The van der Waals surface area contributed by atoms with Gasteiger partial charge in [0.25, 0.3) is 0 Å². The highest BCUT2D eigenvalue weighted by molar-refractivity contribution is 5.92. The maximum atomic E-state index is 13.1. The van der Waals surface area contributed by atoms with Crippen molar-refractivity contribution < 1.29 is 13.6 Å². The number of halogens is 1. The van der Waals surface area contributed by atoms with Gasteiger partial charge in [-0.05, 0) is 51.1 Å². The van der Waals surface area contributed by atoms with Crippen molar-refractivity contribution >= 4 is 11.6 Å². The Labute approximate surface area is 129 Å². The number of hydrogen-bond acceptors (Lipinski definition) is 3. The average molecular weight is 304 g/mol. The number of nitrogens with zero attached hydrogens (tertiary/aromatic N) is 1. The quantitative estimate of drug-likeness (QED) is 0.887. The Balaban J connectivity index is 1.96. The molecule has 0 bridgehead atoms. The van der Waals surface area contributed by atoms with E-state index in [1.165, 1.54) is 12.1 Å². The maximum absolute atomic E-state index is 13.1. The molecule has 0 aliphatic carbocycles. The maximum Gasteiger partial charge on any atom is 0.238 e. The van der Waals surface area contributed by atoms with Gasteiger partial charge in [0.1, 0.15) is 17.3 Å². The van der Waals surface area contributed by atoms with Crippen molar-refractivity contribution in [3.63, 3.8) is 0 Å². The molecule has 1 aromatic heterocycles. The van der Waals surface area contributed by atoms with E-state index in [0.29, 0.717) is 12.2 Å². The van der Waals surface area contributed by atoms with Gasteiger partial charge in [-0.3, -0.25) is 9.69 Å². The minimum atomic E-state index is -0.371. The first-order valence-electron chi connectivity index (χ1n) is 7.29. The van der Waals surface area contributed by atoms with Crippen molar-refractivity contribution in [1.82, 2.24) is 4.90 Å². The van der Waals surface area contributed by atoms with Gasteiger partial charge in [0.2, 0.25) is 5.91 Å². The minimum absolute atomic E-state index is 0.178. The highest BCUT2D eigenvalue weighted by Gasteiger charge is 2.16. The summed E-state index contributed by atoms with van der Waals surface area (Å²) in [5.74, 6) is 1.12. The van der Waals surface area contributed by atoms with Crippen LogP contribution >= 0.6 is 0 Å². The number of carbonyl (C=O) groups is 1. The summed E-state index contributed by atoms with van der Waals surface area (Å²) in [6.07, 6.45) is 0. The molecule has 1 aromatic carbocycles. The highest BCUT2D eigenvalue weighted by Crippen LogP contribution is 2.13. The standard InChI is InChI=1S/C17H21FN2O2/c1-12(2)20(10-16-8-7-13(3)22-16)11-17(21)19-15-6-4-5-14(18)9-15/h4-9,12H,10-11H2,1-3H3,(H,19,21). The molecule has 0 spiro atoms. The number of furan rings is 1. The van der Waals surface area contributed by atoms with Crippen LogP contribution in [-0.4, -0.2) is 23.4 Å². The molecule has 1 heterocycles. The van der Waals surface area contributed by atoms with Crippen molar-refractivity contribution in [3.05, 3.63) is 53.7 Å². The van der Waals surface area contributed by atoms with Crippen LogP contribution in [0.3, 0.4) is 0 Å². The van der Waals surface area contributed by atoms with Gasteiger partial charge in [0.15, 0.2) is 0 Å². The Morgan fingerprint density at radius 3 is 2.68 bits per heavy atom. The average Bonchev–Trinajstić information content (AvgIpc) is 2.83. The summed E-state index contributed by atoms with van der Waals surface area (Å²) < 4.78 is 18.7. The normalized spacial score (nSPS) is 11.2. The lowest BCUT2D eigenvalue weighted by molar-refractivity contribution is -0.117. The zero-order valence-corrected chi connectivity index (χ0v) is 13.1. The zero-order chi connectivity index (χ0) is 16.1. The Kier molecular flexibility index (Phi) is 5.33. The van der Waals surface area contributed by atoms with Gasteiger partial charge in [0, 0.05) is 11.7 Å². The molecule has 0 aliphatic rings. The van der Waals surface area contributed by atoms with Gasteiger partial charge >= 0.3 is 0 Å². The lowest BCUT2D eigenvalue weighted by atomic mass is 10.2. The van der Waals surface area contributed by atoms with E-state index in [1.807, 2.05) is 37.8 Å². The third-order valence-corrected chi connectivity index (χ3v) is 3.34. The fourth-order valence-corrected chi connectivity index (χ4v) is 2.14. The number of hydrogen-bond donors (Lipinski definition) is 1. The largest absolute Gasteiger partial charge is 0.465 e. The van der Waals surface area contributed by atoms with E-state index in [4.69, 9.17) is 4.42 Å². The molecule has 22 heavy (non-hydrogen) atoms. The smallest absolute Gasteiger partial charge is 0.238 e. The summed E-state index contributed by atoms with van der Waals surface area (Å²) in [5, 5.41) is 2.71. The van der Waals surface area contributed by atoms with Crippen molar-refractivity contribution in [2.45, 2.75) is 33.4 Å². The molecule has 2 rings (SSSR count). The van der Waals surface area contributed by atoms with Crippen LogP contribution in [0.2, 0.25) is 0 Å². The Bertz CT molecular complexity index is 637. The SMILES string of the molecule is Cc1ccc(CN(CC(=O)Nc2cccc(F)c2)C(C)C)o1. The zero-order valence-electron chi connectivity index (χ0n) is 13.1. The first-order chi connectivity index (χ1) is 10.4. The molecule has 118 valence electrons. The Hall–Kier alpha value is -2.14. The lowest BCUT2D eigenvalue weighted by Gasteiger charge is -2.24. The van der Waals surface area contributed by atoms with E-state index < -0.39 is 0 Å². The van der Waals surface area contributed by atoms with Crippen molar-refractivity contribution in [2.24, 2.45) is 0 Å². The third-order valence-electron chi connectivity index (χ3n) is 3.34. The third kappa shape index (κ3) is 4.70. The molecule has 0 aliphatic heterocycles. The van der Waals surface area contributed by atoms with Gasteiger partial charge in [-0.2, -0.15) is 0 Å². The second-order valence-electron chi connectivity index (χ2n) is 5.57. The minimum Gasteiger partial charge on any atom is -0.465 e. The first-order valence-corrected chi connectivity index (χ1v) is 7.29. The second kappa shape index (κ2) is 7.22. The molecular weight excluding hydrogens is 283 g/mol. The van der Waals surface area contributed by atoms with Gasteiger partial charge in [-0.1, -0.05) is 6.07 Å². The number of carbonyl (C=O) groups excluding carboxylic acids is 1. The summed E-state index contributed by atoms with van der Waals surface area (Å²) in [6.45, 7) is 6.70. The number of benzene rings is 1. The van der Waals surface area contributed by atoms with E-state index in [0.717, 1.165) is 11.5 Å². The van der Waals surface area contributed by atoms with Crippen LogP contribution in [0.4, 0.5) is 10.1 Å². The van der Waals surface area contributed by atoms with Gasteiger partial charge in [-0.15, -0.1) is 0 Å². The summed E-state index contributed by atoms with van der Waals surface area (Å²) in [5.41, 5.74) is 0.461. The van der Waals surface area contributed by atoms with Crippen molar-refractivity contribution in [2.75, 3.05) is 11.9 Å². The van der Waals surface area contributed by atoms with E-state index in [2.05, 4.69) is 5.32 Å². The van der Waals surface area contributed by atoms with Crippen molar-refractivity contribution in [1.29, 1.82) is 0 Å². The molecule has 5 heteroatoms. The van der Waals surface area contributed by atoms with E-state index in [-0.39, 0.29) is 24.3 Å². The fourth-order valence-electron chi connectivity index (χ4n) is 2.14. The fraction of sp³-hybridized carbons (Fsp3) is 0.353. The number of nitrogens with one attached hydrogen (secondary N) is 1. The van der Waals surface area contributed by atoms with Crippen LogP contribution in [-0.2, 0) is 11.3 Å². The molecule has 2 aromatic rings. The topological polar surface area (TPSA) is 45.5 Å². The van der Waals surface area contributed by atoms with E-state index in [1.54, 1.807) is 12.1 Å². The monoisotopic (exact) mass is 304 g/mol. The molecule has 1 amide bonds. The van der Waals surface area contributed by atoms with Crippen LogP contribution in [0.25, 0.3) is 0 Å². The molecule has 0 saturated carbocycles. The molecule has 4 nitrogen and oxygen atoms in total. The molecule has 1 N–H and O–H groups in total. The van der Waals surface area contributed by atoms with Gasteiger partial charge < -0.3 is 9.73 Å². The summed E-state index contributed by atoms with van der Waals surface area (Å²) in [4.78, 5) is 14.1. The Morgan fingerprint density at radius 2 is 2.09 bits per heavy atom. The Morgan fingerprint density at radius 1 is 1.32 bits per heavy atom.